The predicted molar refractivity (Wildman–Crippen MR) is 76.6 cm³/mol. The van der Waals surface area contributed by atoms with Gasteiger partial charge in [-0.15, -0.1) is 0 Å². The minimum absolute atomic E-state index is 0.0286. The van der Waals surface area contributed by atoms with Gasteiger partial charge < -0.3 is 10.1 Å². The molecule has 0 saturated heterocycles. The van der Waals surface area contributed by atoms with E-state index in [1.54, 1.807) is 18.3 Å². The average molecular weight is 288 g/mol. The highest BCUT2D eigenvalue weighted by Gasteiger charge is 2.21. The lowest BCUT2D eigenvalue weighted by molar-refractivity contribution is -0.384. The largest absolute Gasteiger partial charge is 0.496 e. The second-order valence-electron chi connectivity index (χ2n) is 5.02. The van der Waals surface area contributed by atoms with Crippen molar-refractivity contribution in [1.82, 2.24) is 15.1 Å². The van der Waals surface area contributed by atoms with Crippen LogP contribution in [0, 0.1) is 10.1 Å². The molecule has 21 heavy (non-hydrogen) atoms. The molecule has 7 nitrogen and oxygen atoms in total. The number of nitrogens with one attached hydrogen (secondary N) is 1. The summed E-state index contributed by atoms with van der Waals surface area (Å²) >= 11 is 0. The van der Waals surface area contributed by atoms with E-state index in [9.17, 15) is 10.1 Å². The summed E-state index contributed by atoms with van der Waals surface area (Å²) in [6, 6.07) is 7.20. The van der Waals surface area contributed by atoms with E-state index in [4.69, 9.17) is 4.74 Å². The van der Waals surface area contributed by atoms with Crippen molar-refractivity contribution in [2.24, 2.45) is 0 Å². The first-order valence-corrected chi connectivity index (χ1v) is 6.78. The molecule has 1 N–H and O–H groups in total. The Balaban J connectivity index is 1.86. The minimum atomic E-state index is -0.429. The van der Waals surface area contributed by atoms with Crippen molar-refractivity contribution in [2.75, 3.05) is 7.11 Å². The van der Waals surface area contributed by atoms with E-state index in [1.807, 2.05) is 6.07 Å². The molecule has 0 atom stereocenters. The molecule has 1 heterocycles. The maximum absolute atomic E-state index is 11.2. The van der Waals surface area contributed by atoms with Gasteiger partial charge in [0.2, 0.25) is 0 Å². The number of benzene rings is 1. The Kier molecular flexibility index (Phi) is 3.57. The average Bonchev–Trinajstić information content (AvgIpc) is 3.21. The van der Waals surface area contributed by atoms with Crippen molar-refractivity contribution in [1.29, 1.82) is 0 Å². The second kappa shape index (κ2) is 5.53. The molecule has 0 spiro atoms. The van der Waals surface area contributed by atoms with E-state index in [0.717, 1.165) is 5.69 Å². The summed E-state index contributed by atoms with van der Waals surface area (Å²) < 4.78 is 6.56. The third-order valence-corrected chi connectivity index (χ3v) is 3.42. The number of ether oxygens (including phenoxy) is 1. The summed E-state index contributed by atoms with van der Waals surface area (Å²) in [5.74, 6) is 0.452. The SMILES string of the molecule is COc1ccc(-n2ccc(CNC3CC3)n2)c([N+](=O)[O-])c1. The predicted octanol–water partition coefficient (Wildman–Crippen LogP) is 2.04. The lowest BCUT2D eigenvalue weighted by atomic mass is 10.2. The molecule has 110 valence electrons. The quantitative estimate of drug-likeness (QED) is 0.649. The lowest BCUT2D eigenvalue weighted by Crippen LogP contribution is -2.15. The Morgan fingerprint density at radius 2 is 2.29 bits per heavy atom. The van der Waals surface area contributed by atoms with Crippen LogP contribution >= 0.6 is 0 Å². The molecule has 1 aliphatic carbocycles. The molecule has 1 aliphatic rings. The van der Waals surface area contributed by atoms with Crippen molar-refractivity contribution in [3.05, 3.63) is 46.3 Å². The Bertz CT molecular complexity index is 664. The standard InChI is InChI=1S/C14H16N4O3/c1-21-12-4-5-13(14(8-12)18(19)20)17-7-6-11(16-17)9-15-10-2-3-10/h4-8,10,15H,2-3,9H2,1H3. The molecule has 1 saturated carbocycles. The zero-order valence-corrected chi connectivity index (χ0v) is 11.7. The molecule has 3 rings (SSSR count). The number of nitro groups is 1. The van der Waals surface area contributed by atoms with Crippen LogP contribution in [-0.4, -0.2) is 27.9 Å². The van der Waals surface area contributed by atoms with E-state index in [1.165, 1.54) is 30.7 Å². The molecule has 1 aromatic heterocycles. The van der Waals surface area contributed by atoms with E-state index >= 15 is 0 Å². The lowest BCUT2D eigenvalue weighted by Gasteiger charge is -2.05. The van der Waals surface area contributed by atoms with Crippen LogP contribution in [0.3, 0.4) is 0 Å². The van der Waals surface area contributed by atoms with Gasteiger partial charge in [0.15, 0.2) is 0 Å². The maximum atomic E-state index is 11.2. The number of nitro benzene ring substituents is 1. The summed E-state index contributed by atoms with van der Waals surface area (Å²) in [6.07, 6.45) is 4.16. The fourth-order valence-electron chi connectivity index (χ4n) is 2.10. The third-order valence-electron chi connectivity index (χ3n) is 3.42. The van der Waals surface area contributed by atoms with Gasteiger partial charge in [-0.25, -0.2) is 4.68 Å². The van der Waals surface area contributed by atoms with Crippen molar-refractivity contribution < 1.29 is 9.66 Å². The Morgan fingerprint density at radius 3 is 2.95 bits per heavy atom. The van der Waals surface area contributed by atoms with E-state index < -0.39 is 4.92 Å². The van der Waals surface area contributed by atoms with Crippen LogP contribution in [0.1, 0.15) is 18.5 Å². The van der Waals surface area contributed by atoms with Gasteiger partial charge >= 0.3 is 0 Å². The summed E-state index contributed by atoms with van der Waals surface area (Å²) in [5, 5.41) is 18.9. The highest BCUT2D eigenvalue weighted by atomic mass is 16.6. The summed E-state index contributed by atoms with van der Waals surface area (Å²) in [7, 11) is 1.48. The van der Waals surface area contributed by atoms with Gasteiger partial charge in [-0.3, -0.25) is 10.1 Å². The fraction of sp³-hybridized carbons (Fsp3) is 0.357. The van der Waals surface area contributed by atoms with Gasteiger partial charge in [0.1, 0.15) is 11.4 Å². The first kappa shape index (κ1) is 13.6. The monoisotopic (exact) mass is 288 g/mol. The van der Waals surface area contributed by atoms with Crippen molar-refractivity contribution >= 4 is 5.69 Å². The zero-order valence-electron chi connectivity index (χ0n) is 11.7. The molecule has 0 aliphatic heterocycles. The second-order valence-corrected chi connectivity index (χ2v) is 5.02. The van der Waals surface area contributed by atoms with Crippen LogP contribution in [0.2, 0.25) is 0 Å². The first-order valence-electron chi connectivity index (χ1n) is 6.78. The van der Waals surface area contributed by atoms with Crippen LogP contribution in [-0.2, 0) is 6.54 Å². The third kappa shape index (κ3) is 3.03. The van der Waals surface area contributed by atoms with Crippen molar-refractivity contribution in [3.63, 3.8) is 0 Å². The molecule has 1 aromatic carbocycles. The van der Waals surface area contributed by atoms with Gasteiger partial charge in [0.05, 0.1) is 23.8 Å². The molecular formula is C14H16N4O3. The van der Waals surface area contributed by atoms with Crippen LogP contribution in [0.25, 0.3) is 5.69 Å². The van der Waals surface area contributed by atoms with Crippen LogP contribution < -0.4 is 10.1 Å². The molecule has 0 bridgehead atoms. The first-order chi connectivity index (χ1) is 10.2. The summed E-state index contributed by atoms with van der Waals surface area (Å²) in [4.78, 5) is 10.8. The van der Waals surface area contributed by atoms with E-state index in [2.05, 4.69) is 10.4 Å². The summed E-state index contributed by atoms with van der Waals surface area (Å²) in [6.45, 7) is 0.682. The van der Waals surface area contributed by atoms with Gasteiger partial charge in [-0.1, -0.05) is 0 Å². The van der Waals surface area contributed by atoms with Crippen molar-refractivity contribution in [3.8, 4) is 11.4 Å². The Morgan fingerprint density at radius 1 is 1.48 bits per heavy atom. The van der Waals surface area contributed by atoms with Gasteiger partial charge in [0.25, 0.3) is 5.69 Å². The Labute approximate surface area is 121 Å². The van der Waals surface area contributed by atoms with E-state index in [0.29, 0.717) is 24.0 Å². The van der Waals surface area contributed by atoms with Crippen LogP contribution in [0.5, 0.6) is 5.75 Å². The fourth-order valence-corrected chi connectivity index (χ4v) is 2.10. The molecule has 0 amide bonds. The van der Waals surface area contributed by atoms with Gasteiger partial charge in [0, 0.05) is 18.8 Å². The molecule has 1 fully saturated rings. The number of methoxy groups -OCH3 is 1. The van der Waals surface area contributed by atoms with Gasteiger partial charge in [-0.2, -0.15) is 5.10 Å². The van der Waals surface area contributed by atoms with E-state index in [-0.39, 0.29) is 5.69 Å². The topological polar surface area (TPSA) is 82.2 Å². The zero-order chi connectivity index (χ0) is 14.8. The van der Waals surface area contributed by atoms with Crippen LogP contribution in [0.4, 0.5) is 5.69 Å². The number of hydrogen-bond donors (Lipinski definition) is 1. The van der Waals surface area contributed by atoms with Crippen LogP contribution in [0.15, 0.2) is 30.5 Å². The molecule has 0 radical (unpaired) electrons. The molecule has 7 heteroatoms. The number of nitrogens with zero attached hydrogens (tertiary/aromatic N) is 3. The number of hydrogen-bond acceptors (Lipinski definition) is 5. The van der Waals surface area contributed by atoms with Gasteiger partial charge in [-0.05, 0) is 31.0 Å². The normalized spacial score (nSPS) is 14.1. The summed E-state index contributed by atoms with van der Waals surface area (Å²) in [5.41, 5.74) is 1.27. The molecule has 2 aromatic rings. The highest BCUT2D eigenvalue weighted by molar-refractivity contribution is 5.55. The molecular weight excluding hydrogens is 272 g/mol. The number of aromatic nitrogens is 2. The Hall–Kier alpha value is -2.41. The molecule has 0 unspecified atom stereocenters. The smallest absolute Gasteiger partial charge is 0.298 e. The highest BCUT2D eigenvalue weighted by Crippen LogP contribution is 2.27. The van der Waals surface area contributed by atoms with Crippen molar-refractivity contribution in [2.45, 2.75) is 25.4 Å². The number of rotatable bonds is 6. The minimum Gasteiger partial charge on any atom is -0.496 e. The maximum Gasteiger partial charge on any atom is 0.298 e.